The van der Waals surface area contributed by atoms with E-state index in [4.69, 9.17) is 9.47 Å². The van der Waals surface area contributed by atoms with Gasteiger partial charge in [0, 0.05) is 6.61 Å². The van der Waals surface area contributed by atoms with Gasteiger partial charge in [-0.1, -0.05) is 0 Å². The molecule has 3 rings (SSSR count). The van der Waals surface area contributed by atoms with Gasteiger partial charge in [0.25, 0.3) is 0 Å². The molecule has 0 spiro atoms. The average molecular weight is 252 g/mol. The highest BCUT2D eigenvalue weighted by molar-refractivity contribution is 7.20. The van der Waals surface area contributed by atoms with Crippen molar-refractivity contribution in [3.05, 3.63) is 17.3 Å². The van der Waals surface area contributed by atoms with Gasteiger partial charge in [-0.05, 0) is 12.5 Å². The first-order valence-electron chi connectivity index (χ1n) is 5.42. The number of methoxy groups -OCH3 is 1. The van der Waals surface area contributed by atoms with Gasteiger partial charge in [-0.3, -0.25) is 0 Å². The molecule has 2 aromatic rings. The number of fused-ring (bicyclic) bond motifs is 1. The number of rotatable bonds is 3. The minimum atomic E-state index is -0.306. The third-order valence-corrected chi connectivity index (χ3v) is 3.91. The number of ether oxygens (including phenoxy) is 2. The van der Waals surface area contributed by atoms with Crippen LogP contribution in [0.1, 0.15) is 16.1 Å². The quantitative estimate of drug-likeness (QED) is 0.780. The van der Waals surface area contributed by atoms with Crippen LogP contribution in [0.4, 0.5) is 0 Å². The summed E-state index contributed by atoms with van der Waals surface area (Å²) < 4.78 is 12.1. The molecule has 1 fully saturated rings. The Bertz CT molecular complexity index is 556. The van der Waals surface area contributed by atoms with Gasteiger partial charge in [0.1, 0.15) is 9.71 Å². The summed E-state index contributed by atoms with van der Waals surface area (Å²) >= 11 is 1.36. The molecular weight excluding hydrogens is 240 g/mol. The van der Waals surface area contributed by atoms with Crippen LogP contribution in [-0.2, 0) is 16.0 Å². The molecule has 90 valence electrons. The standard InChI is InChI=1S/C11H12N2O3S/c1-15-11(14)9-4-8-10(17-9)12-6-13(8)5-7-2-3-16-7/h4,6-7H,2-3,5H2,1H3. The summed E-state index contributed by atoms with van der Waals surface area (Å²) in [5.74, 6) is -0.306. The predicted molar refractivity (Wildman–Crippen MR) is 63.3 cm³/mol. The number of imidazole rings is 1. The van der Waals surface area contributed by atoms with Crippen molar-refractivity contribution in [3.8, 4) is 0 Å². The molecule has 0 radical (unpaired) electrons. The van der Waals surface area contributed by atoms with E-state index in [9.17, 15) is 4.79 Å². The molecule has 0 aliphatic carbocycles. The van der Waals surface area contributed by atoms with E-state index in [0.717, 1.165) is 29.9 Å². The zero-order valence-corrected chi connectivity index (χ0v) is 10.2. The minimum absolute atomic E-state index is 0.286. The minimum Gasteiger partial charge on any atom is -0.465 e. The van der Waals surface area contributed by atoms with Crippen molar-refractivity contribution in [2.45, 2.75) is 19.1 Å². The Balaban J connectivity index is 1.90. The lowest BCUT2D eigenvalue weighted by atomic mass is 10.2. The molecule has 17 heavy (non-hydrogen) atoms. The van der Waals surface area contributed by atoms with E-state index in [1.807, 2.05) is 10.6 Å². The van der Waals surface area contributed by atoms with Crippen molar-refractivity contribution in [2.75, 3.05) is 13.7 Å². The summed E-state index contributed by atoms with van der Waals surface area (Å²) in [6, 6.07) is 1.83. The van der Waals surface area contributed by atoms with Crippen molar-refractivity contribution in [1.82, 2.24) is 9.55 Å². The molecule has 1 aliphatic heterocycles. The molecular formula is C11H12N2O3S. The van der Waals surface area contributed by atoms with E-state index in [2.05, 4.69) is 4.98 Å². The fraction of sp³-hybridized carbons (Fsp3) is 0.455. The Morgan fingerprint density at radius 1 is 1.76 bits per heavy atom. The van der Waals surface area contributed by atoms with Crippen LogP contribution in [0.15, 0.2) is 12.4 Å². The molecule has 5 nitrogen and oxygen atoms in total. The van der Waals surface area contributed by atoms with Crippen LogP contribution < -0.4 is 0 Å². The van der Waals surface area contributed by atoms with Crippen LogP contribution in [0.2, 0.25) is 0 Å². The number of esters is 1. The van der Waals surface area contributed by atoms with Crippen LogP contribution in [0.5, 0.6) is 0 Å². The molecule has 0 N–H and O–H groups in total. The summed E-state index contributed by atoms with van der Waals surface area (Å²) in [6.45, 7) is 1.65. The number of nitrogens with zero attached hydrogens (tertiary/aromatic N) is 2. The number of carbonyl (C=O) groups excluding carboxylic acids is 1. The third-order valence-electron chi connectivity index (χ3n) is 2.90. The lowest BCUT2D eigenvalue weighted by Crippen LogP contribution is -2.30. The molecule has 1 saturated heterocycles. The van der Waals surface area contributed by atoms with Crippen molar-refractivity contribution in [3.63, 3.8) is 0 Å². The third kappa shape index (κ3) is 1.83. The van der Waals surface area contributed by atoms with Crippen LogP contribution >= 0.6 is 11.3 Å². The molecule has 1 aliphatic rings. The number of carbonyl (C=O) groups is 1. The summed E-state index contributed by atoms with van der Waals surface area (Å²) in [7, 11) is 1.39. The molecule has 0 amide bonds. The molecule has 0 saturated carbocycles. The lowest BCUT2D eigenvalue weighted by Gasteiger charge is -2.26. The van der Waals surface area contributed by atoms with Crippen LogP contribution in [0.25, 0.3) is 10.3 Å². The summed E-state index contributed by atoms with van der Waals surface area (Å²) in [5, 5.41) is 0. The Hall–Kier alpha value is -1.40. The van der Waals surface area contributed by atoms with Crippen LogP contribution in [0, 0.1) is 0 Å². The second-order valence-corrected chi connectivity index (χ2v) is 5.00. The number of aromatic nitrogens is 2. The average Bonchev–Trinajstić information content (AvgIpc) is 2.82. The van der Waals surface area contributed by atoms with E-state index in [1.54, 1.807) is 6.33 Å². The van der Waals surface area contributed by atoms with Crippen molar-refractivity contribution in [1.29, 1.82) is 0 Å². The first kappa shape index (κ1) is 10.7. The highest BCUT2D eigenvalue weighted by Gasteiger charge is 2.20. The number of thiophene rings is 1. The monoisotopic (exact) mass is 252 g/mol. The summed E-state index contributed by atoms with van der Waals surface area (Å²) in [4.78, 5) is 17.2. The molecule has 1 atom stereocenters. The first-order valence-corrected chi connectivity index (χ1v) is 6.24. The highest BCUT2D eigenvalue weighted by atomic mass is 32.1. The van der Waals surface area contributed by atoms with Crippen molar-refractivity contribution < 1.29 is 14.3 Å². The second-order valence-electron chi connectivity index (χ2n) is 3.97. The number of hydrogen-bond acceptors (Lipinski definition) is 5. The Morgan fingerprint density at radius 3 is 3.24 bits per heavy atom. The maximum Gasteiger partial charge on any atom is 0.348 e. The summed E-state index contributed by atoms with van der Waals surface area (Å²) in [6.07, 6.45) is 3.17. The van der Waals surface area contributed by atoms with Crippen LogP contribution in [0.3, 0.4) is 0 Å². The predicted octanol–water partition coefficient (Wildman–Crippen LogP) is 1.67. The summed E-state index contributed by atoms with van der Waals surface area (Å²) in [5.41, 5.74) is 0.978. The Kier molecular flexibility index (Phi) is 2.60. The van der Waals surface area contributed by atoms with Crippen molar-refractivity contribution >= 4 is 27.7 Å². The van der Waals surface area contributed by atoms with Gasteiger partial charge >= 0.3 is 5.97 Å². The van der Waals surface area contributed by atoms with Gasteiger partial charge in [-0.25, -0.2) is 9.78 Å². The van der Waals surface area contributed by atoms with Gasteiger partial charge in [0.2, 0.25) is 0 Å². The van der Waals surface area contributed by atoms with Gasteiger partial charge in [0.05, 0.1) is 31.6 Å². The second kappa shape index (κ2) is 4.12. The van der Waals surface area contributed by atoms with E-state index >= 15 is 0 Å². The zero-order chi connectivity index (χ0) is 11.8. The van der Waals surface area contributed by atoms with E-state index in [-0.39, 0.29) is 12.1 Å². The van der Waals surface area contributed by atoms with E-state index in [0.29, 0.717) is 4.88 Å². The molecule has 2 aromatic heterocycles. The van der Waals surface area contributed by atoms with Crippen molar-refractivity contribution in [2.24, 2.45) is 0 Å². The lowest BCUT2D eigenvalue weighted by molar-refractivity contribution is -0.0586. The normalized spacial score (nSPS) is 19.2. The molecule has 6 heteroatoms. The maximum absolute atomic E-state index is 11.4. The highest BCUT2D eigenvalue weighted by Crippen LogP contribution is 2.26. The molecule has 0 bridgehead atoms. The van der Waals surface area contributed by atoms with E-state index < -0.39 is 0 Å². The molecule has 3 heterocycles. The Labute approximate surface area is 102 Å². The largest absolute Gasteiger partial charge is 0.465 e. The zero-order valence-electron chi connectivity index (χ0n) is 9.38. The molecule has 1 unspecified atom stereocenters. The van der Waals surface area contributed by atoms with Gasteiger partial charge in [-0.15, -0.1) is 11.3 Å². The fourth-order valence-corrected chi connectivity index (χ4v) is 2.78. The molecule has 0 aromatic carbocycles. The smallest absolute Gasteiger partial charge is 0.348 e. The van der Waals surface area contributed by atoms with Crippen LogP contribution in [-0.4, -0.2) is 35.3 Å². The topological polar surface area (TPSA) is 53.3 Å². The van der Waals surface area contributed by atoms with E-state index in [1.165, 1.54) is 18.4 Å². The first-order chi connectivity index (χ1) is 8.28. The Morgan fingerprint density at radius 2 is 2.59 bits per heavy atom. The fourth-order valence-electron chi connectivity index (χ4n) is 1.85. The van der Waals surface area contributed by atoms with Gasteiger partial charge < -0.3 is 14.0 Å². The van der Waals surface area contributed by atoms with Gasteiger partial charge in [0.15, 0.2) is 0 Å². The van der Waals surface area contributed by atoms with Gasteiger partial charge in [-0.2, -0.15) is 0 Å². The number of hydrogen-bond donors (Lipinski definition) is 0. The SMILES string of the molecule is COC(=O)c1cc2c(ncn2CC2CCO2)s1. The maximum atomic E-state index is 11.4.